The number of nitrogens with one attached hydrogen (secondary N) is 2. The molecule has 1 saturated carbocycles. The molecule has 1 aliphatic rings. The molecule has 1 amide bonds. The Balaban J connectivity index is 1.57. The van der Waals surface area contributed by atoms with Crippen LogP contribution in [0.2, 0.25) is 0 Å². The lowest BCUT2D eigenvalue weighted by Gasteiger charge is -2.11. The van der Waals surface area contributed by atoms with Crippen molar-refractivity contribution in [3.63, 3.8) is 0 Å². The third kappa shape index (κ3) is 3.34. The number of aromatic nitrogens is 6. The first-order valence-electron chi connectivity index (χ1n) is 9.65. The Hall–Kier alpha value is -2.55. The molecule has 0 unspecified atom stereocenters. The molecule has 3 aromatic rings. The Morgan fingerprint density at radius 3 is 2.86 bits per heavy atom. The van der Waals surface area contributed by atoms with Gasteiger partial charge in [-0.1, -0.05) is 0 Å². The van der Waals surface area contributed by atoms with E-state index in [0.29, 0.717) is 29.2 Å². The summed E-state index contributed by atoms with van der Waals surface area (Å²) in [5.74, 6) is 1.21. The maximum absolute atomic E-state index is 13.0. The van der Waals surface area contributed by atoms with Gasteiger partial charge in [0.2, 0.25) is 0 Å². The molecular formula is C19H25N7OS. The van der Waals surface area contributed by atoms with Gasteiger partial charge in [-0.3, -0.25) is 14.6 Å². The van der Waals surface area contributed by atoms with Crippen LogP contribution < -0.4 is 5.32 Å². The summed E-state index contributed by atoms with van der Waals surface area (Å²) in [4.78, 5) is 17.8. The summed E-state index contributed by atoms with van der Waals surface area (Å²) in [6.45, 7) is 6.52. The maximum atomic E-state index is 13.0. The standard InChI is InChI=1S/C19H25N7OS/c1-10(2)26-15(22-23-19(26)28)7-8-20-18(27)13-9-14(12-5-6-12)21-17-16(13)11(3)24-25(17)4/h9-10,12H,5-8H2,1-4H3,(H,20,27)(H,23,28). The summed E-state index contributed by atoms with van der Waals surface area (Å²) < 4.78 is 4.34. The van der Waals surface area contributed by atoms with Crippen LogP contribution in [0, 0.1) is 11.7 Å². The Labute approximate surface area is 168 Å². The molecule has 1 fully saturated rings. The number of amides is 1. The van der Waals surface area contributed by atoms with Crippen LogP contribution in [0.4, 0.5) is 0 Å². The Kier molecular flexibility index (Phi) is 4.78. The van der Waals surface area contributed by atoms with E-state index < -0.39 is 0 Å². The summed E-state index contributed by atoms with van der Waals surface area (Å²) in [6.07, 6.45) is 2.87. The van der Waals surface area contributed by atoms with Gasteiger partial charge >= 0.3 is 0 Å². The Bertz CT molecular complexity index is 1100. The number of carbonyl (C=O) groups is 1. The number of hydrogen-bond acceptors (Lipinski definition) is 5. The molecule has 4 rings (SSSR count). The van der Waals surface area contributed by atoms with Gasteiger partial charge in [-0.15, -0.1) is 0 Å². The van der Waals surface area contributed by atoms with Crippen molar-refractivity contribution in [1.29, 1.82) is 0 Å². The lowest BCUT2D eigenvalue weighted by Crippen LogP contribution is -2.27. The molecule has 0 spiro atoms. The summed E-state index contributed by atoms with van der Waals surface area (Å²) in [5.41, 5.74) is 3.23. The van der Waals surface area contributed by atoms with Crippen molar-refractivity contribution in [1.82, 2.24) is 34.8 Å². The van der Waals surface area contributed by atoms with Crippen LogP contribution in [0.5, 0.6) is 0 Å². The molecule has 9 heteroatoms. The van der Waals surface area contributed by atoms with E-state index >= 15 is 0 Å². The van der Waals surface area contributed by atoms with Crippen LogP contribution in [0.15, 0.2) is 6.07 Å². The van der Waals surface area contributed by atoms with E-state index in [9.17, 15) is 4.79 Å². The van der Waals surface area contributed by atoms with Gasteiger partial charge in [-0.05, 0) is 51.9 Å². The van der Waals surface area contributed by atoms with Crippen molar-refractivity contribution < 1.29 is 4.79 Å². The number of fused-ring (bicyclic) bond motifs is 1. The van der Waals surface area contributed by atoms with Crippen LogP contribution in [0.1, 0.15) is 66.2 Å². The van der Waals surface area contributed by atoms with Crippen molar-refractivity contribution >= 4 is 29.2 Å². The molecule has 148 valence electrons. The van der Waals surface area contributed by atoms with Crippen molar-refractivity contribution in [2.45, 2.75) is 52.0 Å². The molecule has 28 heavy (non-hydrogen) atoms. The maximum Gasteiger partial charge on any atom is 0.252 e. The van der Waals surface area contributed by atoms with E-state index in [0.717, 1.165) is 41.1 Å². The van der Waals surface area contributed by atoms with E-state index in [1.54, 1.807) is 4.68 Å². The summed E-state index contributed by atoms with van der Waals surface area (Å²) in [7, 11) is 1.87. The summed E-state index contributed by atoms with van der Waals surface area (Å²) in [6, 6.07) is 2.16. The second-order valence-electron chi connectivity index (χ2n) is 7.69. The van der Waals surface area contributed by atoms with Gasteiger partial charge in [0, 0.05) is 37.7 Å². The molecule has 0 bridgehead atoms. The minimum Gasteiger partial charge on any atom is -0.352 e. The molecule has 0 aliphatic heterocycles. The number of nitrogens with zero attached hydrogens (tertiary/aromatic N) is 5. The first kappa shape index (κ1) is 18.8. The van der Waals surface area contributed by atoms with Gasteiger partial charge in [-0.25, -0.2) is 4.98 Å². The SMILES string of the molecule is Cc1nn(C)c2nc(C3CC3)cc(C(=O)NCCc3n[nH]c(=S)n3C(C)C)c12. The van der Waals surface area contributed by atoms with Crippen molar-refractivity contribution in [3.05, 3.63) is 33.6 Å². The lowest BCUT2D eigenvalue weighted by molar-refractivity contribution is 0.0955. The molecule has 2 N–H and O–H groups in total. The van der Waals surface area contributed by atoms with Gasteiger partial charge in [0.1, 0.15) is 5.82 Å². The third-order valence-electron chi connectivity index (χ3n) is 5.16. The fourth-order valence-electron chi connectivity index (χ4n) is 3.66. The smallest absolute Gasteiger partial charge is 0.252 e. The monoisotopic (exact) mass is 399 g/mol. The molecular weight excluding hydrogens is 374 g/mol. The Morgan fingerprint density at radius 2 is 2.18 bits per heavy atom. The highest BCUT2D eigenvalue weighted by molar-refractivity contribution is 7.71. The average molecular weight is 400 g/mol. The zero-order valence-electron chi connectivity index (χ0n) is 16.6. The summed E-state index contributed by atoms with van der Waals surface area (Å²) in [5, 5.41) is 15.4. The predicted octanol–water partition coefficient (Wildman–Crippen LogP) is 2.96. The number of H-pyrrole nitrogens is 1. The molecule has 0 saturated heterocycles. The highest BCUT2D eigenvalue weighted by atomic mass is 32.1. The molecule has 0 aromatic carbocycles. The third-order valence-corrected chi connectivity index (χ3v) is 5.44. The topological polar surface area (TPSA) is 93.4 Å². The molecule has 1 aliphatic carbocycles. The minimum atomic E-state index is -0.101. The Morgan fingerprint density at radius 1 is 1.43 bits per heavy atom. The van der Waals surface area contributed by atoms with E-state index in [1.807, 2.05) is 24.6 Å². The first-order chi connectivity index (χ1) is 13.4. The molecule has 0 radical (unpaired) electrons. The quantitative estimate of drug-likeness (QED) is 0.622. The van der Waals surface area contributed by atoms with Gasteiger partial charge in [0.05, 0.1) is 16.6 Å². The predicted molar refractivity (Wildman–Crippen MR) is 109 cm³/mol. The van der Waals surface area contributed by atoms with Crippen LogP contribution in [-0.4, -0.2) is 42.0 Å². The highest BCUT2D eigenvalue weighted by Gasteiger charge is 2.28. The van der Waals surface area contributed by atoms with Crippen molar-refractivity contribution in [2.75, 3.05) is 6.54 Å². The zero-order valence-corrected chi connectivity index (χ0v) is 17.4. The zero-order chi connectivity index (χ0) is 20.0. The van der Waals surface area contributed by atoms with Gasteiger partial charge < -0.3 is 9.88 Å². The highest BCUT2D eigenvalue weighted by Crippen LogP contribution is 2.40. The van der Waals surface area contributed by atoms with Gasteiger partial charge in [-0.2, -0.15) is 10.2 Å². The number of hydrogen-bond donors (Lipinski definition) is 2. The average Bonchev–Trinajstić information content (AvgIpc) is 3.37. The first-order valence-corrected chi connectivity index (χ1v) is 10.1. The number of pyridine rings is 1. The van der Waals surface area contributed by atoms with Crippen LogP contribution in [0.3, 0.4) is 0 Å². The molecule has 3 aromatic heterocycles. The normalized spacial score (nSPS) is 14.2. The lowest BCUT2D eigenvalue weighted by atomic mass is 10.1. The number of aryl methyl sites for hydroxylation is 2. The van der Waals surface area contributed by atoms with Crippen LogP contribution >= 0.6 is 12.2 Å². The van der Waals surface area contributed by atoms with Gasteiger partial charge in [0.25, 0.3) is 5.91 Å². The number of rotatable bonds is 6. The minimum absolute atomic E-state index is 0.101. The summed E-state index contributed by atoms with van der Waals surface area (Å²) >= 11 is 5.28. The molecule has 3 heterocycles. The number of aromatic amines is 1. The molecule has 0 atom stereocenters. The fourth-order valence-corrected chi connectivity index (χ4v) is 4.02. The largest absolute Gasteiger partial charge is 0.352 e. The van der Waals surface area contributed by atoms with E-state index in [-0.39, 0.29) is 11.9 Å². The van der Waals surface area contributed by atoms with Crippen molar-refractivity contribution in [3.8, 4) is 0 Å². The second-order valence-corrected chi connectivity index (χ2v) is 8.08. The van der Waals surface area contributed by atoms with Crippen molar-refractivity contribution in [2.24, 2.45) is 7.05 Å². The van der Waals surface area contributed by atoms with Crippen LogP contribution in [-0.2, 0) is 13.5 Å². The van der Waals surface area contributed by atoms with E-state index in [1.165, 1.54) is 0 Å². The second kappa shape index (κ2) is 7.12. The van der Waals surface area contributed by atoms with E-state index in [2.05, 4.69) is 34.5 Å². The van der Waals surface area contributed by atoms with E-state index in [4.69, 9.17) is 17.2 Å². The number of carbonyl (C=O) groups excluding carboxylic acids is 1. The van der Waals surface area contributed by atoms with Gasteiger partial charge in [0.15, 0.2) is 10.4 Å². The van der Waals surface area contributed by atoms with Crippen LogP contribution in [0.25, 0.3) is 11.0 Å². The molecule has 8 nitrogen and oxygen atoms in total. The fraction of sp³-hybridized carbons (Fsp3) is 0.526.